The lowest BCUT2D eigenvalue weighted by Crippen LogP contribution is -2.47. The molecule has 0 saturated carbocycles. The molecule has 0 spiro atoms. The Balaban J connectivity index is 0.00000261. The number of aryl methyl sites for hydroxylation is 1. The van der Waals surface area contributed by atoms with E-state index in [-0.39, 0.29) is 30.1 Å². The lowest BCUT2D eigenvalue weighted by atomic mass is 10.1. The van der Waals surface area contributed by atoms with Gasteiger partial charge in [0.1, 0.15) is 0 Å². The Morgan fingerprint density at radius 2 is 2.00 bits per heavy atom. The highest BCUT2D eigenvalue weighted by Crippen LogP contribution is 2.22. The van der Waals surface area contributed by atoms with Crippen LogP contribution in [0.15, 0.2) is 29.3 Å². The first-order valence-corrected chi connectivity index (χ1v) is 10.1. The van der Waals surface area contributed by atoms with Crippen LogP contribution in [0.3, 0.4) is 0 Å². The smallest absolute Gasteiger partial charge is 0.194 e. The largest absolute Gasteiger partial charge is 0.373 e. The first-order valence-electron chi connectivity index (χ1n) is 10.1. The van der Waals surface area contributed by atoms with Gasteiger partial charge in [-0.25, -0.2) is 0 Å². The molecule has 0 amide bonds. The minimum atomic E-state index is 0. The summed E-state index contributed by atoms with van der Waals surface area (Å²) in [6.07, 6.45) is 3.90. The lowest BCUT2D eigenvalue weighted by molar-refractivity contribution is -0.0432. The van der Waals surface area contributed by atoms with Crippen molar-refractivity contribution < 1.29 is 4.74 Å². The maximum Gasteiger partial charge on any atom is 0.194 e. The van der Waals surface area contributed by atoms with E-state index in [0.29, 0.717) is 6.04 Å². The molecule has 2 heterocycles. The third-order valence-corrected chi connectivity index (χ3v) is 5.45. The van der Waals surface area contributed by atoms with E-state index in [1.807, 2.05) is 0 Å². The minimum Gasteiger partial charge on any atom is -0.373 e. The van der Waals surface area contributed by atoms with Gasteiger partial charge in [0.25, 0.3) is 0 Å². The van der Waals surface area contributed by atoms with Gasteiger partial charge in [0.2, 0.25) is 0 Å². The van der Waals surface area contributed by atoms with E-state index in [1.165, 1.54) is 30.5 Å². The average Bonchev–Trinajstić information content (AvgIpc) is 3.13. The third-order valence-electron chi connectivity index (χ3n) is 5.45. The average molecular weight is 486 g/mol. The monoisotopic (exact) mass is 486 g/mol. The summed E-state index contributed by atoms with van der Waals surface area (Å²) in [5.41, 5.74) is 2.69. The molecule has 2 atom stereocenters. The summed E-state index contributed by atoms with van der Waals surface area (Å²) < 4.78 is 6.05. The van der Waals surface area contributed by atoms with Gasteiger partial charge in [-0.3, -0.25) is 9.89 Å². The number of rotatable bonds is 6. The van der Waals surface area contributed by atoms with Crippen molar-refractivity contribution in [3.63, 3.8) is 0 Å². The summed E-state index contributed by atoms with van der Waals surface area (Å²) in [4.78, 5) is 9.64. The number of halogens is 1. The third kappa shape index (κ3) is 6.32. The number of hydrogen-bond donors (Lipinski definition) is 1. The molecule has 0 aromatic heterocycles. The van der Waals surface area contributed by atoms with Crippen LogP contribution in [0, 0.1) is 0 Å². The highest BCUT2D eigenvalue weighted by atomic mass is 127. The molecule has 2 aliphatic rings. The summed E-state index contributed by atoms with van der Waals surface area (Å²) in [7, 11) is 2.10. The summed E-state index contributed by atoms with van der Waals surface area (Å²) in [6.45, 7) is 9.88. The van der Waals surface area contributed by atoms with Crippen LogP contribution < -0.4 is 5.32 Å². The first-order chi connectivity index (χ1) is 12.7. The molecule has 1 aromatic carbocycles. The van der Waals surface area contributed by atoms with Crippen LogP contribution in [-0.2, 0) is 17.7 Å². The van der Waals surface area contributed by atoms with E-state index in [2.05, 4.69) is 60.3 Å². The van der Waals surface area contributed by atoms with Gasteiger partial charge in [0.05, 0.1) is 19.3 Å². The summed E-state index contributed by atoms with van der Waals surface area (Å²) in [6, 6.07) is 9.52. The molecule has 27 heavy (non-hydrogen) atoms. The van der Waals surface area contributed by atoms with Crippen molar-refractivity contribution in [2.24, 2.45) is 4.99 Å². The maximum atomic E-state index is 6.05. The Morgan fingerprint density at radius 3 is 2.70 bits per heavy atom. The minimum absolute atomic E-state index is 0. The van der Waals surface area contributed by atoms with Crippen molar-refractivity contribution >= 4 is 29.9 Å². The molecule has 3 rings (SSSR count). The zero-order valence-corrected chi connectivity index (χ0v) is 19.3. The van der Waals surface area contributed by atoms with Crippen LogP contribution in [-0.4, -0.2) is 67.7 Å². The van der Waals surface area contributed by atoms with E-state index >= 15 is 0 Å². The topological polar surface area (TPSA) is 40.1 Å². The van der Waals surface area contributed by atoms with E-state index < -0.39 is 0 Å². The zero-order valence-electron chi connectivity index (χ0n) is 17.0. The molecule has 5 nitrogen and oxygen atoms in total. The molecule has 1 N–H and O–H groups in total. The van der Waals surface area contributed by atoms with Gasteiger partial charge in [-0.2, -0.15) is 0 Å². The van der Waals surface area contributed by atoms with Crippen molar-refractivity contribution in [2.45, 2.75) is 51.8 Å². The second-order valence-electron chi connectivity index (χ2n) is 7.47. The van der Waals surface area contributed by atoms with Crippen molar-refractivity contribution in [3.05, 3.63) is 35.4 Å². The van der Waals surface area contributed by atoms with Crippen LogP contribution >= 0.6 is 24.0 Å². The molecule has 6 heteroatoms. The fourth-order valence-corrected chi connectivity index (χ4v) is 3.88. The highest BCUT2D eigenvalue weighted by molar-refractivity contribution is 14.0. The summed E-state index contributed by atoms with van der Waals surface area (Å²) >= 11 is 0. The maximum absolute atomic E-state index is 6.05. The summed E-state index contributed by atoms with van der Waals surface area (Å²) in [5, 5.41) is 3.42. The molecular formula is C21H35IN4O. The van der Waals surface area contributed by atoms with Crippen LogP contribution in [0.1, 0.15) is 37.8 Å². The van der Waals surface area contributed by atoms with Gasteiger partial charge in [-0.1, -0.05) is 31.2 Å². The van der Waals surface area contributed by atoms with Crippen molar-refractivity contribution in [2.75, 3.05) is 39.8 Å². The van der Waals surface area contributed by atoms with Gasteiger partial charge in [0.15, 0.2) is 5.96 Å². The molecule has 152 valence electrons. The van der Waals surface area contributed by atoms with Gasteiger partial charge in [-0.15, -0.1) is 24.0 Å². The number of aliphatic imine (C=N–C) groups is 1. The lowest BCUT2D eigenvalue weighted by Gasteiger charge is -2.34. The van der Waals surface area contributed by atoms with Gasteiger partial charge >= 0.3 is 0 Å². The van der Waals surface area contributed by atoms with Crippen LogP contribution in [0.2, 0.25) is 0 Å². The SMILES string of the molecule is CCNC(=NCC1CN2CCCC2CO1)N(C)Cc1ccc(CC)cc1.I. The molecule has 2 fully saturated rings. The van der Waals surface area contributed by atoms with Crippen LogP contribution in [0.4, 0.5) is 0 Å². The Morgan fingerprint density at radius 1 is 1.26 bits per heavy atom. The normalized spacial score (nSPS) is 22.9. The first kappa shape index (κ1) is 22.4. The van der Waals surface area contributed by atoms with Gasteiger partial charge in [0, 0.05) is 32.7 Å². The molecule has 1 aromatic rings. The van der Waals surface area contributed by atoms with E-state index in [1.54, 1.807) is 0 Å². The highest BCUT2D eigenvalue weighted by Gasteiger charge is 2.32. The fraction of sp³-hybridized carbons (Fsp3) is 0.667. The quantitative estimate of drug-likeness (QED) is 0.381. The molecule has 2 saturated heterocycles. The van der Waals surface area contributed by atoms with Crippen molar-refractivity contribution in [1.82, 2.24) is 15.1 Å². The molecule has 0 aliphatic carbocycles. The van der Waals surface area contributed by atoms with E-state index in [4.69, 9.17) is 9.73 Å². The Hall–Kier alpha value is -0.860. The fourth-order valence-electron chi connectivity index (χ4n) is 3.88. The molecule has 2 unspecified atom stereocenters. The molecule has 2 aliphatic heterocycles. The number of nitrogens with zero attached hydrogens (tertiary/aromatic N) is 3. The second-order valence-corrected chi connectivity index (χ2v) is 7.47. The Kier molecular flexibility index (Phi) is 9.32. The standard InChI is InChI=1S/C21H34N4O.HI/c1-4-17-8-10-18(11-9-17)14-24(3)21(22-5-2)23-13-20-15-25-12-6-7-19(25)16-26-20;/h8-11,19-20H,4-7,12-16H2,1-3H3,(H,22,23);1H. The van der Waals surface area contributed by atoms with Crippen LogP contribution in [0.25, 0.3) is 0 Å². The van der Waals surface area contributed by atoms with Gasteiger partial charge < -0.3 is 15.0 Å². The Bertz CT molecular complexity index is 592. The number of nitrogens with one attached hydrogen (secondary N) is 1. The Labute approximate surface area is 181 Å². The molecule has 0 radical (unpaired) electrons. The summed E-state index contributed by atoms with van der Waals surface area (Å²) in [5.74, 6) is 0.958. The number of fused-ring (bicyclic) bond motifs is 1. The molecular weight excluding hydrogens is 451 g/mol. The van der Waals surface area contributed by atoms with E-state index in [9.17, 15) is 0 Å². The predicted molar refractivity (Wildman–Crippen MR) is 123 cm³/mol. The number of hydrogen-bond acceptors (Lipinski definition) is 3. The number of ether oxygens (including phenoxy) is 1. The van der Waals surface area contributed by atoms with E-state index in [0.717, 1.165) is 45.2 Å². The van der Waals surface area contributed by atoms with Crippen LogP contribution in [0.5, 0.6) is 0 Å². The van der Waals surface area contributed by atoms with Crippen molar-refractivity contribution in [1.29, 1.82) is 0 Å². The molecule has 0 bridgehead atoms. The second kappa shape index (κ2) is 11.2. The van der Waals surface area contributed by atoms with Gasteiger partial charge in [-0.05, 0) is 43.9 Å². The van der Waals surface area contributed by atoms with Crippen molar-refractivity contribution in [3.8, 4) is 0 Å². The zero-order chi connectivity index (χ0) is 18.4. The predicted octanol–water partition coefficient (Wildman–Crippen LogP) is 3.13. The number of guanidine groups is 1. The number of morpholine rings is 1. The number of benzene rings is 1.